The lowest BCUT2D eigenvalue weighted by Gasteiger charge is -2.34. The molecular formula is C18H28N2O3. The van der Waals surface area contributed by atoms with Crippen LogP contribution >= 0.6 is 0 Å². The summed E-state index contributed by atoms with van der Waals surface area (Å²) in [5, 5.41) is 12.5. The van der Waals surface area contributed by atoms with E-state index < -0.39 is 11.4 Å². The molecule has 128 valence electrons. The number of hydrogen-bond acceptors (Lipinski definition) is 4. The molecule has 2 rings (SSSR count). The van der Waals surface area contributed by atoms with Gasteiger partial charge in [-0.05, 0) is 45.4 Å². The van der Waals surface area contributed by atoms with E-state index in [1.807, 2.05) is 6.07 Å². The molecule has 5 heteroatoms. The van der Waals surface area contributed by atoms with Crippen LogP contribution < -0.4 is 10.2 Å². The molecule has 1 fully saturated rings. The largest absolute Gasteiger partial charge is 0.481 e. The molecule has 0 aromatic heterocycles. The highest BCUT2D eigenvalue weighted by atomic mass is 16.5. The van der Waals surface area contributed by atoms with Gasteiger partial charge in [0.25, 0.3) is 0 Å². The third-order valence-electron chi connectivity index (χ3n) is 4.39. The van der Waals surface area contributed by atoms with E-state index in [9.17, 15) is 4.79 Å². The fraction of sp³-hybridized carbons (Fsp3) is 0.611. The lowest BCUT2D eigenvalue weighted by atomic mass is 9.90. The SMILES string of the molecule is CC1CN(c2ccccc2CNCCC(C)(C)C(=O)O)CCO1. The molecule has 1 aliphatic heterocycles. The Morgan fingerprint density at radius 1 is 1.43 bits per heavy atom. The zero-order valence-corrected chi connectivity index (χ0v) is 14.3. The molecule has 0 amide bonds. The number of anilines is 1. The zero-order chi connectivity index (χ0) is 16.9. The standard InChI is InChI=1S/C18H28N2O3/c1-14-13-20(10-11-23-14)16-7-5-4-6-15(16)12-19-9-8-18(2,3)17(21)22/h4-7,14,19H,8-13H2,1-3H3,(H,21,22). The number of benzene rings is 1. The Hall–Kier alpha value is -1.59. The maximum absolute atomic E-state index is 11.1. The highest BCUT2D eigenvalue weighted by Crippen LogP contribution is 2.23. The van der Waals surface area contributed by atoms with Gasteiger partial charge in [0, 0.05) is 25.3 Å². The lowest BCUT2D eigenvalue weighted by Crippen LogP contribution is -2.41. The smallest absolute Gasteiger partial charge is 0.309 e. The van der Waals surface area contributed by atoms with Crippen LogP contribution in [0.3, 0.4) is 0 Å². The van der Waals surface area contributed by atoms with Crippen molar-refractivity contribution in [1.82, 2.24) is 5.32 Å². The van der Waals surface area contributed by atoms with E-state index in [2.05, 4.69) is 35.3 Å². The molecule has 5 nitrogen and oxygen atoms in total. The summed E-state index contributed by atoms with van der Waals surface area (Å²) in [6.45, 7) is 9.64. The number of hydrogen-bond donors (Lipinski definition) is 2. The van der Waals surface area contributed by atoms with Crippen molar-refractivity contribution < 1.29 is 14.6 Å². The first-order valence-corrected chi connectivity index (χ1v) is 8.29. The fourth-order valence-corrected chi connectivity index (χ4v) is 2.74. The molecule has 0 saturated carbocycles. The molecule has 1 heterocycles. The minimum absolute atomic E-state index is 0.251. The lowest BCUT2D eigenvalue weighted by molar-refractivity contribution is -0.147. The van der Waals surface area contributed by atoms with Gasteiger partial charge in [-0.1, -0.05) is 18.2 Å². The highest BCUT2D eigenvalue weighted by Gasteiger charge is 2.26. The summed E-state index contributed by atoms with van der Waals surface area (Å²) in [7, 11) is 0. The topological polar surface area (TPSA) is 61.8 Å². The van der Waals surface area contributed by atoms with E-state index in [1.54, 1.807) is 13.8 Å². The molecule has 0 aliphatic carbocycles. The fourth-order valence-electron chi connectivity index (χ4n) is 2.74. The van der Waals surface area contributed by atoms with Crippen LogP contribution in [0.25, 0.3) is 0 Å². The van der Waals surface area contributed by atoms with Crippen LogP contribution in [0.1, 0.15) is 32.8 Å². The Kier molecular flexibility index (Phi) is 6.02. The first kappa shape index (κ1) is 17.8. The first-order valence-electron chi connectivity index (χ1n) is 8.29. The van der Waals surface area contributed by atoms with Crippen molar-refractivity contribution in [2.24, 2.45) is 5.41 Å². The maximum atomic E-state index is 11.1. The molecule has 1 unspecified atom stereocenters. The van der Waals surface area contributed by atoms with E-state index in [1.165, 1.54) is 11.3 Å². The molecule has 1 aliphatic rings. The Balaban J connectivity index is 1.92. The van der Waals surface area contributed by atoms with Gasteiger partial charge >= 0.3 is 5.97 Å². The summed E-state index contributed by atoms with van der Waals surface area (Å²) in [6, 6.07) is 8.39. The second-order valence-corrected chi connectivity index (χ2v) is 6.87. The zero-order valence-electron chi connectivity index (χ0n) is 14.3. The van der Waals surface area contributed by atoms with Gasteiger partial charge in [0.15, 0.2) is 0 Å². The number of ether oxygens (including phenoxy) is 1. The Morgan fingerprint density at radius 2 is 2.17 bits per heavy atom. The second-order valence-electron chi connectivity index (χ2n) is 6.87. The Labute approximate surface area is 138 Å². The molecule has 1 saturated heterocycles. The number of carbonyl (C=O) groups is 1. The number of aliphatic carboxylic acids is 1. The predicted octanol–water partition coefficient (Wildman–Crippen LogP) is 2.50. The van der Waals surface area contributed by atoms with E-state index in [0.717, 1.165) is 26.2 Å². The monoisotopic (exact) mass is 320 g/mol. The minimum atomic E-state index is -0.748. The van der Waals surface area contributed by atoms with Crippen molar-refractivity contribution in [1.29, 1.82) is 0 Å². The molecule has 2 N–H and O–H groups in total. The van der Waals surface area contributed by atoms with Crippen molar-refractivity contribution in [2.45, 2.75) is 39.8 Å². The summed E-state index contributed by atoms with van der Waals surface area (Å²) in [5.74, 6) is -0.748. The molecule has 1 aromatic carbocycles. The molecule has 23 heavy (non-hydrogen) atoms. The molecule has 1 aromatic rings. The number of nitrogens with one attached hydrogen (secondary N) is 1. The third-order valence-corrected chi connectivity index (χ3v) is 4.39. The van der Waals surface area contributed by atoms with Crippen molar-refractivity contribution in [2.75, 3.05) is 31.1 Å². The molecule has 1 atom stereocenters. The summed E-state index contributed by atoms with van der Waals surface area (Å²) in [4.78, 5) is 13.5. The average molecular weight is 320 g/mol. The molecule has 0 spiro atoms. The Bertz CT molecular complexity index is 531. The van der Waals surface area contributed by atoms with Crippen molar-refractivity contribution in [3.8, 4) is 0 Å². The molecular weight excluding hydrogens is 292 g/mol. The minimum Gasteiger partial charge on any atom is -0.481 e. The van der Waals surface area contributed by atoms with Crippen LogP contribution in [0.2, 0.25) is 0 Å². The van der Waals surface area contributed by atoms with Crippen LogP contribution in [0.4, 0.5) is 5.69 Å². The Morgan fingerprint density at radius 3 is 2.87 bits per heavy atom. The second kappa shape index (κ2) is 7.79. The summed E-state index contributed by atoms with van der Waals surface area (Å²) < 4.78 is 5.61. The van der Waals surface area contributed by atoms with Crippen LogP contribution in [-0.2, 0) is 16.1 Å². The van der Waals surface area contributed by atoms with Crippen LogP contribution in [0.5, 0.6) is 0 Å². The number of para-hydroxylation sites is 1. The number of carboxylic acid groups (broad SMARTS) is 1. The van der Waals surface area contributed by atoms with Gasteiger partial charge in [0.2, 0.25) is 0 Å². The highest BCUT2D eigenvalue weighted by molar-refractivity contribution is 5.73. The van der Waals surface area contributed by atoms with E-state index in [-0.39, 0.29) is 6.10 Å². The predicted molar refractivity (Wildman–Crippen MR) is 91.8 cm³/mol. The molecule has 0 radical (unpaired) electrons. The van der Waals surface area contributed by atoms with E-state index in [4.69, 9.17) is 9.84 Å². The van der Waals surface area contributed by atoms with Crippen molar-refractivity contribution in [3.63, 3.8) is 0 Å². The van der Waals surface area contributed by atoms with Crippen LogP contribution in [0, 0.1) is 5.41 Å². The third kappa shape index (κ3) is 4.94. The van der Waals surface area contributed by atoms with Crippen LogP contribution in [-0.4, -0.2) is 43.4 Å². The van der Waals surface area contributed by atoms with Gasteiger partial charge in [-0.15, -0.1) is 0 Å². The summed E-state index contributed by atoms with van der Waals surface area (Å²) in [6.07, 6.45) is 0.861. The normalized spacial score (nSPS) is 18.9. The van der Waals surface area contributed by atoms with Gasteiger partial charge in [-0.2, -0.15) is 0 Å². The van der Waals surface area contributed by atoms with Gasteiger partial charge < -0.3 is 20.1 Å². The first-order chi connectivity index (χ1) is 10.9. The van der Waals surface area contributed by atoms with Crippen LogP contribution in [0.15, 0.2) is 24.3 Å². The number of rotatable bonds is 7. The van der Waals surface area contributed by atoms with E-state index >= 15 is 0 Å². The number of nitrogens with zero attached hydrogens (tertiary/aromatic N) is 1. The van der Waals surface area contributed by atoms with Crippen molar-refractivity contribution in [3.05, 3.63) is 29.8 Å². The average Bonchev–Trinajstić information content (AvgIpc) is 2.52. The molecule has 0 bridgehead atoms. The van der Waals surface area contributed by atoms with Gasteiger partial charge in [0.05, 0.1) is 18.1 Å². The number of morpholine rings is 1. The van der Waals surface area contributed by atoms with Gasteiger partial charge in [-0.25, -0.2) is 0 Å². The summed E-state index contributed by atoms with van der Waals surface area (Å²) in [5.41, 5.74) is 1.80. The quantitative estimate of drug-likeness (QED) is 0.756. The summed E-state index contributed by atoms with van der Waals surface area (Å²) >= 11 is 0. The maximum Gasteiger partial charge on any atom is 0.309 e. The number of carboxylic acids is 1. The van der Waals surface area contributed by atoms with Gasteiger partial charge in [-0.3, -0.25) is 4.79 Å². The van der Waals surface area contributed by atoms with Crippen molar-refractivity contribution >= 4 is 11.7 Å². The van der Waals surface area contributed by atoms with Gasteiger partial charge in [0.1, 0.15) is 0 Å². The van der Waals surface area contributed by atoms with E-state index in [0.29, 0.717) is 13.0 Å².